The topological polar surface area (TPSA) is 119 Å². The lowest BCUT2D eigenvalue weighted by Crippen LogP contribution is -2.25. The summed E-state index contributed by atoms with van der Waals surface area (Å²) in [5, 5.41) is 9.57. The molecule has 3 atom stereocenters. The van der Waals surface area contributed by atoms with Gasteiger partial charge in [0, 0.05) is 12.8 Å². The van der Waals surface area contributed by atoms with E-state index in [1.807, 2.05) is 0 Å². The van der Waals surface area contributed by atoms with Crippen LogP contribution in [-0.4, -0.2) is 49.4 Å². The molecule has 35 heavy (non-hydrogen) atoms. The number of aromatic nitrogens is 4. The SMILES string of the molecule is CCCCCCCCCCCCCCCC(=O)OC1C[C@@H](CO)O[C@H]1n1cnc2c(=O)[nH]cnc21. The highest BCUT2D eigenvalue weighted by molar-refractivity contribution is 5.70. The van der Waals surface area contributed by atoms with Crippen LogP contribution >= 0.6 is 0 Å². The fraction of sp³-hybridized carbons (Fsp3) is 0.769. The van der Waals surface area contributed by atoms with Gasteiger partial charge in [-0.3, -0.25) is 14.2 Å². The van der Waals surface area contributed by atoms with E-state index in [0.717, 1.165) is 19.3 Å². The first kappa shape index (κ1) is 27.3. The molecule has 196 valence electrons. The van der Waals surface area contributed by atoms with E-state index in [1.54, 1.807) is 4.57 Å². The number of aromatic amines is 1. The number of ether oxygens (including phenoxy) is 2. The van der Waals surface area contributed by atoms with Crippen molar-refractivity contribution < 1.29 is 19.4 Å². The van der Waals surface area contributed by atoms with Gasteiger partial charge in [-0.15, -0.1) is 0 Å². The normalized spacial score (nSPS) is 20.0. The van der Waals surface area contributed by atoms with Gasteiger partial charge in [-0.25, -0.2) is 9.97 Å². The molecule has 1 unspecified atom stereocenters. The molecule has 0 aromatic carbocycles. The summed E-state index contributed by atoms with van der Waals surface area (Å²) >= 11 is 0. The lowest BCUT2D eigenvalue weighted by molar-refractivity contribution is -0.155. The van der Waals surface area contributed by atoms with Crippen LogP contribution in [0.15, 0.2) is 17.4 Å². The van der Waals surface area contributed by atoms with Crippen LogP contribution in [0.5, 0.6) is 0 Å². The molecule has 0 bridgehead atoms. The van der Waals surface area contributed by atoms with Crippen LogP contribution < -0.4 is 5.56 Å². The molecule has 1 saturated heterocycles. The summed E-state index contributed by atoms with van der Waals surface area (Å²) in [6.07, 6.45) is 18.1. The molecule has 0 saturated carbocycles. The van der Waals surface area contributed by atoms with E-state index in [1.165, 1.54) is 76.9 Å². The number of imidazole rings is 1. The zero-order valence-electron chi connectivity index (χ0n) is 21.1. The number of aliphatic hydroxyl groups excluding tert-OH is 1. The molecule has 0 aliphatic carbocycles. The molecule has 1 fully saturated rings. The zero-order valence-corrected chi connectivity index (χ0v) is 21.1. The predicted octanol–water partition coefficient (Wildman–Crippen LogP) is 4.79. The Kier molecular flexibility index (Phi) is 11.7. The number of unbranched alkanes of at least 4 members (excludes halogenated alkanes) is 12. The Hall–Kier alpha value is -2.26. The molecule has 1 aliphatic rings. The Morgan fingerprint density at radius 2 is 1.69 bits per heavy atom. The van der Waals surface area contributed by atoms with Gasteiger partial charge in [0.15, 0.2) is 17.4 Å². The summed E-state index contributed by atoms with van der Waals surface area (Å²) in [6, 6.07) is 0. The van der Waals surface area contributed by atoms with Crippen molar-refractivity contribution in [2.75, 3.05) is 6.61 Å². The van der Waals surface area contributed by atoms with E-state index in [2.05, 4.69) is 21.9 Å². The van der Waals surface area contributed by atoms with Crippen LogP contribution in [0.3, 0.4) is 0 Å². The molecule has 2 aromatic rings. The summed E-state index contributed by atoms with van der Waals surface area (Å²) in [5.74, 6) is -0.263. The van der Waals surface area contributed by atoms with Gasteiger partial charge in [0.25, 0.3) is 5.56 Å². The van der Waals surface area contributed by atoms with Crippen LogP contribution in [0.4, 0.5) is 0 Å². The third-order valence-corrected chi connectivity index (χ3v) is 6.76. The van der Waals surface area contributed by atoms with E-state index in [-0.39, 0.29) is 23.7 Å². The highest BCUT2D eigenvalue weighted by Crippen LogP contribution is 2.33. The van der Waals surface area contributed by atoms with Crippen molar-refractivity contribution in [2.45, 2.75) is 122 Å². The van der Waals surface area contributed by atoms with Gasteiger partial charge in [-0.05, 0) is 6.42 Å². The molecular weight excluding hydrogens is 448 g/mol. The second-order valence-corrected chi connectivity index (χ2v) is 9.64. The Bertz CT molecular complexity index is 943. The average molecular weight is 491 g/mol. The van der Waals surface area contributed by atoms with Crippen LogP contribution in [0, 0.1) is 0 Å². The number of nitrogens with one attached hydrogen (secondary N) is 1. The smallest absolute Gasteiger partial charge is 0.306 e. The van der Waals surface area contributed by atoms with Crippen molar-refractivity contribution in [2.24, 2.45) is 0 Å². The molecule has 3 rings (SSSR count). The van der Waals surface area contributed by atoms with Crippen molar-refractivity contribution in [3.8, 4) is 0 Å². The molecule has 3 heterocycles. The number of aliphatic hydroxyl groups is 1. The standard InChI is InChI=1S/C26H42N4O5/c1-2-3-4-5-6-7-8-9-10-11-12-13-14-15-22(32)35-21-16-20(17-31)34-26(21)30-19-29-23-24(30)27-18-28-25(23)33/h18-21,26,31H,2-17H2,1H3,(H,27,28,33)/t20-,21?,26+/m0/s1. The van der Waals surface area contributed by atoms with Crippen LogP contribution in [-0.2, 0) is 14.3 Å². The van der Waals surface area contributed by atoms with Crippen LogP contribution in [0.25, 0.3) is 11.2 Å². The van der Waals surface area contributed by atoms with Gasteiger partial charge in [-0.1, -0.05) is 84.0 Å². The lowest BCUT2D eigenvalue weighted by atomic mass is 10.0. The Morgan fingerprint density at radius 1 is 1.06 bits per heavy atom. The Balaban J connectivity index is 1.33. The van der Waals surface area contributed by atoms with Crippen molar-refractivity contribution in [3.05, 3.63) is 23.0 Å². The lowest BCUT2D eigenvalue weighted by Gasteiger charge is -2.20. The number of fused-ring (bicyclic) bond motifs is 1. The minimum Gasteiger partial charge on any atom is -0.457 e. The highest BCUT2D eigenvalue weighted by atomic mass is 16.6. The van der Waals surface area contributed by atoms with Crippen molar-refractivity contribution in [1.82, 2.24) is 19.5 Å². The van der Waals surface area contributed by atoms with Gasteiger partial charge in [0.2, 0.25) is 0 Å². The monoisotopic (exact) mass is 490 g/mol. The highest BCUT2D eigenvalue weighted by Gasteiger charge is 2.39. The maximum absolute atomic E-state index is 12.5. The maximum atomic E-state index is 12.5. The summed E-state index contributed by atoms with van der Waals surface area (Å²) in [5.41, 5.74) is 0.205. The first-order valence-electron chi connectivity index (χ1n) is 13.5. The zero-order chi connectivity index (χ0) is 24.9. The summed E-state index contributed by atoms with van der Waals surface area (Å²) in [4.78, 5) is 35.2. The fourth-order valence-corrected chi connectivity index (χ4v) is 4.75. The van der Waals surface area contributed by atoms with Gasteiger partial charge in [-0.2, -0.15) is 0 Å². The Labute approximate surface area is 207 Å². The second kappa shape index (κ2) is 15.0. The van der Waals surface area contributed by atoms with Crippen molar-refractivity contribution in [1.29, 1.82) is 0 Å². The quantitative estimate of drug-likeness (QED) is 0.242. The fourth-order valence-electron chi connectivity index (χ4n) is 4.75. The first-order valence-corrected chi connectivity index (χ1v) is 13.5. The molecule has 0 spiro atoms. The number of carbonyl (C=O) groups is 1. The Morgan fingerprint density at radius 3 is 2.31 bits per heavy atom. The minimum atomic E-state index is -0.679. The number of carbonyl (C=O) groups excluding carboxylic acids is 1. The van der Waals surface area contributed by atoms with E-state index < -0.39 is 18.4 Å². The van der Waals surface area contributed by atoms with Crippen LogP contribution in [0.2, 0.25) is 0 Å². The average Bonchev–Trinajstić information content (AvgIpc) is 3.46. The number of H-pyrrole nitrogens is 1. The number of hydrogen-bond acceptors (Lipinski definition) is 7. The summed E-state index contributed by atoms with van der Waals surface area (Å²) in [6.45, 7) is 2.08. The maximum Gasteiger partial charge on any atom is 0.306 e. The number of hydrogen-bond donors (Lipinski definition) is 2. The molecule has 0 radical (unpaired) electrons. The number of esters is 1. The largest absolute Gasteiger partial charge is 0.457 e. The predicted molar refractivity (Wildman–Crippen MR) is 134 cm³/mol. The van der Waals surface area contributed by atoms with Gasteiger partial charge >= 0.3 is 5.97 Å². The van der Waals surface area contributed by atoms with Gasteiger partial charge in [0.1, 0.15) is 6.10 Å². The number of nitrogens with zero attached hydrogens (tertiary/aromatic N) is 3. The van der Waals surface area contributed by atoms with Crippen molar-refractivity contribution >= 4 is 17.1 Å². The first-order chi connectivity index (χ1) is 17.1. The molecular formula is C26H42N4O5. The summed E-state index contributed by atoms with van der Waals surface area (Å²) in [7, 11) is 0. The molecule has 0 amide bonds. The third kappa shape index (κ3) is 8.42. The number of rotatable bonds is 17. The minimum absolute atomic E-state index is 0.177. The molecule has 2 N–H and O–H groups in total. The molecule has 9 nitrogen and oxygen atoms in total. The van der Waals surface area contributed by atoms with Crippen LogP contribution in [0.1, 0.15) is 109 Å². The van der Waals surface area contributed by atoms with E-state index in [4.69, 9.17) is 9.47 Å². The van der Waals surface area contributed by atoms with Gasteiger partial charge < -0.3 is 19.6 Å². The molecule has 9 heteroatoms. The van der Waals surface area contributed by atoms with Crippen molar-refractivity contribution in [3.63, 3.8) is 0 Å². The summed E-state index contributed by atoms with van der Waals surface area (Å²) < 4.78 is 13.2. The van der Waals surface area contributed by atoms with E-state index >= 15 is 0 Å². The third-order valence-electron chi connectivity index (χ3n) is 6.76. The molecule has 1 aliphatic heterocycles. The molecule has 2 aromatic heterocycles. The second-order valence-electron chi connectivity index (χ2n) is 9.64. The van der Waals surface area contributed by atoms with E-state index in [0.29, 0.717) is 18.5 Å². The van der Waals surface area contributed by atoms with E-state index in [9.17, 15) is 14.7 Å². The van der Waals surface area contributed by atoms with Gasteiger partial charge in [0.05, 0.1) is 25.4 Å².